The van der Waals surface area contributed by atoms with Gasteiger partial charge in [-0.15, -0.1) is 0 Å². The smallest absolute Gasteiger partial charge is 0.306 e. The number of hydrogen-bond acceptors (Lipinski definition) is 5. The summed E-state index contributed by atoms with van der Waals surface area (Å²) in [4.78, 5) is 26.2. The number of nitrogens with one attached hydrogen (secondary N) is 1. The molecule has 0 saturated carbocycles. The minimum Gasteiger partial charge on any atom is -0.462 e. The van der Waals surface area contributed by atoms with Crippen LogP contribution in [0.4, 0.5) is 0 Å². The zero-order valence-electron chi connectivity index (χ0n) is 43.1. The first-order valence-corrected chi connectivity index (χ1v) is 28.0. The number of carbonyl (C=O) groups excluding carboxylic acids is 2. The molecular formula is C59H107NO5. The van der Waals surface area contributed by atoms with E-state index in [9.17, 15) is 19.8 Å². The number of aliphatic hydroxyl groups excluding tert-OH is 2. The molecule has 0 heterocycles. The number of carbonyl (C=O) groups is 2. The van der Waals surface area contributed by atoms with Crippen molar-refractivity contribution in [3.05, 3.63) is 60.8 Å². The summed E-state index contributed by atoms with van der Waals surface area (Å²) in [6.45, 7) is 6.37. The van der Waals surface area contributed by atoms with Gasteiger partial charge in [0.2, 0.25) is 5.91 Å². The average Bonchev–Trinajstić information content (AvgIpc) is 3.30. The van der Waals surface area contributed by atoms with E-state index in [0.717, 1.165) is 83.5 Å². The van der Waals surface area contributed by atoms with E-state index >= 15 is 0 Å². The third kappa shape index (κ3) is 47.8. The largest absolute Gasteiger partial charge is 0.462 e. The van der Waals surface area contributed by atoms with E-state index in [1.165, 1.54) is 148 Å². The number of ether oxygens (including phenoxy) is 1. The Hall–Kier alpha value is -2.44. The molecule has 0 bridgehead atoms. The molecule has 0 saturated heterocycles. The van der Waals surface area contributed by atoms with Gasteiger partial charge in [-0.05, 0) is 83.5 Å². The van der Waals surface area contributed by atoms with E-state index < -0.39 is 18.2 Å². The molecule has 6 nitrogen and oxygen atoms in total. The van der Waals surface area contributed by atoms with Crippen LogP contribution in [0.25, 0.3) is 0 Å². The summed E-state index contributed by atoms with van der Waals surface area (Å²) >= 11 is 0. The van der Waals surface area contributed by atoms with Crippen LogP contribution in [0.5, 0.6) is 0 Å². The molecule has 378 valence electrons. The molecule has 1 amide bonds. The Balaban J connectivity index is 4.61. The number of esters is 1. The van der Waals surface area contributed by atoms with Crippen LogP contribution in [0, 0.1) is 0 Å². The molecule has 3 atom stereocenters. The van der Waals surface area contributed by atoms with Gasteiger partial charge in [-0.25, -0.2) is 0 Å². The third-order valence-corrected chi connectivity index (χ3v) is 12.6. The van der Waals surface area contributed by atoms with Crippen LogP contribution in [0.1, 0.15) is 278 Å². The zero-order chi connectivity index (χ0) is 47.4. The lowest BCUT2D eigenvalue weighted by Gasteiger charge is -2.24. The zero-order valence-corrected chi connectivity index (χ0v) is 43.1. The van der Waals surface area contributed by atoms with Crippen LogP contribution in [0.2, 0.25) is 0 Å². The SMILES string of the molecule is CC/C=C/C/C=C/C/C=C/C/C=C/CCCC(CC(=O)NC(CO)C(O)CCCCCCCCCCCCCCCC)OC(=O)CCCCCCC/C=C/CCCCCCCCCCC. The second-order valence-corrected chi connectivity index (χ2v) is 19.0. The van der Waals surface area contributed by atoms with Gasteiger partial charge in [0.25, 0.3) is 0 Å². The van der Waals surface area contributed by atoms with Crippen molar-refractivity contribution in [1.82, 2.24) is 5.32 Å². The van der Waals surface area contributed by atoms with Gasteiger partial charge < -0.3 is 20.3 Å². The van der Waals surface area contributed by atoms with Crippen LogP contribution in [-0.2, 0) is 14.3 Å². The maximum Gasteiger partial charge on any atom is 0.306 e. The van der Waals surface area contributed by atoms with Crippen LogP contribution < -0.4 is 5.32 Å². The van der Waals surface area contributed by atoms with E-state index in [1.807, 2.05) is 0 Å². The number of unbranched alkanes of at least 4 members (excludes halogenated alkanes) is 28. The second-order valence-electron chi connectivity index (χ2n) is 19.0. The Morgan fingerprint density at radius 2 is 0.846 bits per heavy atom. The summed E-state index contributed by atoms with van der Waals surface area (Å²) in [6.07, 6.45) is 65.8. The lowest BCUT2D eigenvalue weighted by molar-refractivity contribution is -0.151. The first-order chi connectivity index (χ1) is 32.0. The number of aliphatic hydroxyl groups is 2. The highest BCUT2D eigenvalue weighted by molar-refractivity contribution is 5.77. The van der Waals surface area contributed by atoms with Crippen LogP contribution in [0.15, 0.2) is 60.8 Å². The summed E-state index contributed by atoms with van der Waals surface area (Å²) < 4.78 is 5.92. The van der Waals surface area contributed by atoms with E-state index in [4.69, 9.17) is 4.74 Å². The van der Waals surface area contributed by atoms with Crippen molar-refractivity contribution >= 4 is 11.9 Å². The quantitative estimate of drug-likeness (QED) is 0.0321. The van der Waals surface area contributed by atoms with Crippen molar-refractivity contribution in [1.29, 1.82) is 0 Å². The van der Waals surface area contributed by atoms with Gasteiger partial charge in [0.15, 0.2) is 0 Å². The summed E-state index contributed by atoms with van der Waals surface area (Å²) in [7, 11) is 0. The normalized spacial score (nSPS) is 13.6. The Morgan fingerprint density at radius 3 is 1.31 bits per heavy atom. The molecule has 0 radical (unpaired) electrons. The number of amides is 1. The monoisotopic (exact) mass is 910 g/mol. The molecule has 0 aromatic carbocycles. The van der Waals surface area contributed by atoms with Gasteiger partial charge in [0, 0.05) is 6.42 Å². The minimum atomic E-state index is -0.805. The van der Waals surface area contributed by atoms with Crippen molar-refractivity contribution in [2.45, 2.75) is 296 Å². The molecule has 0 aromatic heterocycles. The van der Waals surface area contributed by atoms with Gasteiger partial charge in [0.1, 0.15) is 6.10 Å². The van der Waals surface area contributed by atoms with Crippen LogP contribution in [-0.4, -0.2) is 46.9 Å². The molecule has 6 heteroatoms. The van der Waals surface area contributed by atoms with Crippen LogP contribution in [0.3, 0.4) is 0 Å². The third-order valence-electron chi connectivity index (χ3n) is 12.6. The van der Waals surface area contributed by atoms with Crippen molar-refractivity contribution in [2.24, 2.45) is 0 Å². The Morgan fingerprint density at radius 1 is 0.462 bits per heavy atom. The lowest BCUT2D eigenvalue weighted by Crippen LogP contribution is -2.46. The Labute approximate surface area is 403 Å². The summed E-state index contributed by atoms with van der Waals surface area (Å²) in [5.41, 5.74) is 0. The van der Waals surface area contributed by atoms with Crippen molar-refractivity contribution in [2.75, 3.05) is 6.61 Å². The fourth-order valence-corrected chi connectivity index (χ4v) is 8.36. The number of allylic oxidation sites excluding steroid dienone is 10. The topological polar surface area (TPSA) is 95.9 Å². The predicted molar refractivity (Wildman–Crippen MR) is 282 cm³/mol. The Bertz CT molecular complexity index is 1160. The number of hydrogen-bond donors (Lipinski definition) is 3. The van der Waals surface area contributed by atoms with E-state index in [-0.39, 0.29) is 24.9 Å². The molecule has 3 unspecified atom stereocenters. The lowest BCUT2D eigenvalue weighted by atomic mass is 10.0. The first-order valence-electron chi connectivity index (χ1n) is 28.0. The van der Waals surface area contributed by atoms with Crippen molar-refractivity contribution < 1.29 is 24.5 Å². The minimum absolute atomic E-state index is 0.0364. The van der Waals surface area contributed by atoms with E-state index in [2.05, 4.69) is 86.8 Å². The van der Waals surface area contributed by atoms with Gasteiger partial charge in [-0.2, -0.15) is 0 Å². The highest BCUT2D eigenvalue weighted by Gasteiger charge is 2.24. The molecule has 0 aliphatic carbocycles. The molecule has 3 N–H and O–H groups in total. The highest BCUT2D eigenvalue weighted by Crippen LogP contribution is 2.17. The fourth-order valence-electron chi connectivity index (χ4n) is 8.36. The molecule has 0 spiro atoms. The molecule has 0 fully saturated rings. The summed E-state index contributed by atoms with van der Waals surface area (Å²) in [5, 5.41) is 23.8. The maximum atomic E-state index is 13.2. The molecule has 0 aromatic rings. The van der Waals surface area contributed by atoms with Gasteiger partial charge in [-0.3, -0.25) is 9.59 Å². The van der Waals surface area contributed by atoms with Gasteiger partial charge >= 0.3 is 5.97 Å². The van der Waals surface area contributed by atoms with Gasteiger partial charge in [-0.1, -0.05) is 242 Å². The summed E-state index contributed by atoms with van der Waals surface area (Å²) in [5.74, 6) is -0.532. The van der Waals surface area contributed by atoms with Gasteiger partial charge in [0.05, 0.1) is 25.2 Å². The maximum absolute atomic E-state index is 13.2. The second kappa shape index (κ2) is 52.5. The molecular weight excluding hydrogens is 803 g/mol. The molecule has 0 aliphatic rings. The molecule has 0 aliphatic heterocycles. The highest BCUT2D eigenvalue weighted by atomic mass is 16.5. The van der Waals surface area contributed by atoms with Crippen molar-refractivity contribution in [3.63, 3.8) is 0 Å². The van der Waals surface area contributed by atoms with Crippen LogP contribution >= 0.6 is 0 Å². The Kier molecular flexibility index (Phi) is 50.6. The van der Waals surface area contributed by atoms with E-state index in [1.54, 1.807) is 0 Å². The molecule has 0 rings (SSSR count). The predicted octanol–water partition coefficient (Wildman–Crippen LogP) is 17.2. The number of rotatable bonds is 50. The molecule has 65 heavy (non-hydrogen) atoms. The fraction of sp³-hybridized carbons (Fsp3) is 0.797. The standard InChI is InChI=1S/C59H107NO5/c1-4-7-10-13-16-19-22-25-28-29-30-31-34-37-40-43-46-49-52-59(64)65-55(50-47-44-41-38-35-32-26-23-20-17-14-11-8-5-2)53-58(63)60-56(54-61)57(62)51-48-45-42-39-36-33-27-24-21-18-15-12-9-6-3/h8,11,17,20,26,30-32,38,41,55-57,61-62H,4-7,9-10,12-16,18-19,21-25,27-29,33-37,39-40,42-54H2,1-3H3,(H,60,63)/b11-8+,20-17+,31-30+,32-26+,41-38+. The summed E-state index contributed by atoms with van der Waals surface area (Å²) in [6, 6.07) is -0.722. The van der Waals surface area contributed by atoms with E-state index in [0.29, 0.717) is 19.3 Å². The average molecular weight is 911 g/mol. The first kappa shape index (κ1) is 62.6. The van der Waals surface area contributed by atoms with Crippen molar-refractivity contribution in [3.8, 4) is 0 Å².